The van der Waals surface area contributed by atoms with Gasteiger partial charge in [0, 0.05) is 11.3 Å². The largest absolute Gasteiger partial charge is 0.299 e. The fourth-order valence-electron chi connectivity index (χ4n) is 1.75. The molecule has 0 aliphatic rings. The van der Waals surface area contributed by atoms with Gasteiger partial charge in [-0.3, -0.25) is 14.9 Å². The summed E-state index contributed by atoms with van der Waals surface area (Å²) < 4.78 is 0. The zero-order valence-electron chi connectivity index (χ0n) is 9.96. The Morgan fingerprint density at radius 2 is 2.00 bits per heavy atom. The van der Waals surface area contributed by atoms with Crippen molar-refractivity contribution in [3.05, 3.63) is 46.0 Å². The van der Waals surface area contributed by atoms with E-state index in [0.717, 1.165) is 18.4 Å². The Morgan fingerprint density at radius 3 is 2.53 bits per heavy atom. The number of carbonyl (C=O) groups excluding carboxylic acids is 1. The number of carbonyl (C=O) groups is 1. The van der Waals surface area contributed by atoms with Crippen LogP contribution in [0.25, 0.3) is 0 Å². The maximum Gasteiger partial charge on any atom is 0.217 e. The predicted molar refractivity (Wildman–Crippen MR) is 65.6 cm³/mol. The molecule has 0 heterocycles. The van der Waals surface area contributed by atoms with Crippen LogP contribution in [0.5, 0.6) is 0 Å². The Morgan fingerprint density at radius 1 is 1.35 bits per heavy atom. The number of unbranched alkanes of at least 4 members (excludes halogenated alkanes) is 1. The number of nitro groups is 1. The summed E-state index contributed by atoms with van der Waals surface area (Å²) in [4.78, 5) is 22.1. The van der Waals surface area contributed by atoms with E-state index in [9.17, 15) is 14.9 Å². The van der Waals surface area contributed by atoms with Crippen LogP contribution in [0.4, 0.5) is 0 Å². The summed E-state index contributed by atoms with van der Waals surface area (Å²) >= 11 is 0. The summed E-state index contributed by atoms with van der Waals surface area (Å²) in [6, 6.07) is 8.99. The molecule has 0 amide bonds. The van der Waals surface area contributed by atoms with Crippen LogP contribution in [0.3, 0.4) is 0 Å². The minimum Gasteiger partial charge on any atom is -0.299 e. The fourth-order valence-corrected chi connectivity index (χ4v) is 1.75. The van der Waals surface area contributed by atoms with E-state index in [4.69, 9.17) is 0 Å². The standard InChI is InChI=1S/C13H17NO3/c1-2-3-9-13(15)12(10-14(16)17)11-7-5-4-6-8-11/h4-8,12H,2-3,9-10H2,1H3/t12-/m0/s1. The zero-order valence-corrected chi connectivity index (χ0v) is 9.96. The lowest BCUT2D eigenvalue weighted by molar-refractivity contribution is -0.481. The van der Waals surface area contributed by atoms with Gasteiger partial charge < -0.3 is 0 Å². The van der Waals surface area contributed by atoms with E-state index in [1.807, 2.05) is 13.0 Å². The summed E-state index contributed by atoms with van der Waals surface area (Å²) in [6.45, 7) is 1.69. The number of ketones is 1. The molecule has 0 fully saturated rings. The van der Waals surface area contributed by atoms with Crippen molar-refractivity contribution in [2.75, 3.05) is 6.54 Å². The second-order valence-electron chi connectivity index (χ2n) is 4.05. The normalized spacial score (nSPS) is 12.1. The minimum atomic E-state index is -0.599. The molecular formula is C13H17NO3. The molecular weight excluding hydrogens is 218 g/mol. The van der Waals surface area contributed by atoms with Gasteiger partial charge in [0.25, 0.3) is 0 Å². The first-order valence-electron chi connectivity index (χ1n) is 5.84. The maximum atomic E-state index is 11.9. The molecule has 0 unspecified atom stereocenters. The number of hydrogen-bond acceptors (Lipinski definition) is 3. The molecule has 17 heavy (non-hydrogen) atoms. The third-order valence-corrected chi connectivity index (χ3v) is 2.70. The van der Waals surface area contributed by atoms with Gasteiger partial charge in [-0.1, -0.05) is 43.7 Å². The molecule has 1 atom stereocenters. The summed E-state index contributed by atoms with van der Waals surface area (Å²) in [5, 5.41) is 10.6. The predicted octanol–water partition coefficient (Wildman–Crippen LogP) is 2.81. The van der Waals surface area contributed by atoms with Gasteiger partial charge in [0.05, 0.1) is 0 Å². The number of hydrogen-bond donors (Lipinski definition) is 0. The highest BCUT2D eigenvalue weighted by Crippen LogP contribution is 2.19. The average molecular weight is 235 g/mol. The molecule has 0 saturated carbocycles. The molecule has 4 nitrogen and oxygen atoms in total. The first kappa shape index (κ1) is 13.4. The number of benzene rings is 1. The molecule has 0 N–H and O–H groups in total. The van der Waals surface area contributed by atoms with Gasteiger partial charge in [-0.2, -0.15) is 0 Å². The maximum absolute atomic E-state index is 11.9. The summed E-state index contributed by atoms with van der Waals surface area (Å²) in [5.41, 5.74) is 0.741. The topological polar surface area (TPSA) is 60.2 Å². The van der Waals surface area contributed by atoms with Gasteiger partial charge in [0.1, 0.15) is 11.7 Å². The lowest BCUT2D eigenvalue weighted by atomic mass is 9.92. The Balaban J connectivity index is 2.80. The smallest absolute Gasteiger partial charge is 0.217 e. The third kappa shape index (κ3) is 4.34. The monoisotopic (exact) mass is 235 g/mol. The van der Waals surface area contributed by atoms with Crippen LogP contribution in [-0.4, -0.2) is 17.3 Å². The molecule has 0 aliphatic heterocycles. The Labute approximate surface area is 101 Å². The summed E-state index contributed by atoms with van der Waals surface area (Å²) in [7, 11) is 0. The van der Waals surface area contributed by atoms with Crippen molar-refractivity contribution < 1.29 is 9.72 Å². The quantitative estimate of drug-likeness (QED) is 0.539. The van der Waals surface area contributed by atoms with Crippen molar-refractivity contribution in [3.8, 4) is 0 Å². The molecule has 92 valence electrons. The van der Waals surface area contributed by atoms with Crippen LogP contribution in [0.1, 0.15) is 37.7 Å². The van der Waals surface area contributed by atoms with E-state index in [1.165, 1.54) is 0 Å². The fraction of sp³-hybridized carbons (Fsp3) is 0.462. The lowest BCUT2D eigenvalue weighted by Crippen LogP contribution is -2.21. The molecule has 1 aromatic carbocycles. The molecule has 0 saturated heterocycles. The second-order valence-corrected chi connectivity index (χ2v) is 4.05. The Kier molecular flexibility index (Phi) is 5.33. The Bertz CT molecular complexity index is 376. The Hall–Kier alpha value is -1.71. The molecule has 4 heteroatoms. The van der Waals surface area contributed by atoms with E-state index >= 15 is 0 Å². The van der Waals surface area contributed by atoms with Crippen LogP contribution in [0.15, 0.2) is 30.3 Å². The minimum absolute atomic E-state index is 0.0326. The summed E-state index contributed by atoms with van der Waals surface area (Å²) in [5.74, 6) is -0.632. The van der Waals surface area contributed by atoms with Crippen molar-refractivity contribution in [1.29, 1.82) is 0 Å². The molecule has 0 spiro atoms. The zero-order chi connectivity index (χ0) is 12.7. The molecule has 1 rings (SSSR count). The van der Waals surface area contributed by atoms with E-state index < -0.39 is 10.8 Å². The van der Waals surface area contributed by atoms with Gasteiger partial charge in [-0.25, -0.2) is 0 Å². The summed E-state index contributed by atoms with van der Waals surface area (Å²) in [6.07, 6.45) is 2.13. The molecule has 1 aromatic rings. The van der Waals surface area contributed by atoms with Crippen molar-refractivity contribution >= 4 is 5.78 Å². The van der Waals surface area contributed by atoms with Gasteiger partial charge in [0.15, 0.2) is 0 Å². The SMILES string of the molecule is CCCCC(=O)[C@@H](C[N+](=O)[O-])c1ccccc1. The van der Waals surface area contributed by atoms with Crippen LogP contribution < -0.4 is 0 Å². The number of Topliss-reactive ketones (excluding diaryl/α,β-unsaturated/α-hetero) is 1. The van der Waals surface area contributed by atoms with Crippen molar-refractivity contribution in [2.45, 2.75) is 32.1 Å². The lowest BCUT2D eigenvalue weighted by Gasteiger charge is -2.11. The van der Waals surface area contributed by atoms with E-state index in [0.29, 0.717) is 6.42 Å². The highest BCUT2D eigenvalue weighted by atomic mass is 16.6. The molecule has 0 bridgehead atoms. The van der Waals surface area contributed by atoms with Gasteiger partial charge >= 0.3 is 0 Å². The molecule has 0 radical (unpaired) electrons. The van der Waals surface area contributed by atoms with E-state index in [2.05, 4.69) is 0 Å². The number of rotatable bonds is 7. The van der Waals surface area contributed by atoms with E-state index in [-0.39, 0.29) is 12.3 Å². The van der Waals surface area contributed by atoms with Gasteiger partial charge in [-0.15, -0.1) is 0 Å². The van der Waals surface area contributed by atoms with Crippen LogP contribution in [0, 0.1) is 10.1 Å². The van der Waals surface area contributed by atoms with Gasteiger partial charge in [-0.05, 0) is 12.0 Å². The van der Waals surface area contributed by atoms with Crippen molar-refractivity contribution in [1.82, 2.24) is 0 Å². The van der Waals surface area contributed by atoms with Crippen LogP contribution in [-0.2, 0) is 4.79 Å². The molecule has 0 aromatic heterocycles. The first-order valence-corrected chi connectivity index (χ1v) is 5.84. The van der Waals surface area contributed by atoms with Crippen molar-refractivity contribution in [3.63, 3.8) is 0 Å². The third-order valence-electron chi connectivity index (χ3n) is 2.70. The number of nitrogens with zero attached hydrogens (tertiary/aromatic N) is 1. The van der Waals surface area contributed by atoms with Crippen LogP contribution in [0.2, 0.25) is 0 Å². The first-order chi connectivity index (χ1) is 8.15. The molecule has 0 aliphatic carbocycles. The van der Waals surface area contributed by atoms with E-state index in [1.54, 1.807) is 24.3 Å². The highest BCUT2D eigenvalue weighted by molar-refractivity contribution is 5.85. The van der Waals surface area contributed by atoms with Gasteiger partial charge in [0.2, 0.25) is 6.54 Å². The second kappa shape index (κ2) is 6.78. The van der Waals surface area contributed by atoms with Crippen LogP contribution >= 0.6 is 0 Å². The van der Waals surface area contributed by atoms with Crippen molar-refractivity contribution in [2.24, 2.45) is 0 Å². The highest BCUT2D eigenvalue weighted by Gasteiger charge is 2.24. The average Bonchev–Trinajstić information content (AvgIpc) is 2.34.